The van der Waals surface area contributed by atoms with E-state index in [1.54, 1.807) is 33.1 Å². The Bertz CT molecular complexity index is 691. The van der Waals surface area contributed by atoms with E-state index in [1.165, 1.54) is 11.4 Å². The number of methoxy groups -OCH3 is 2. The van der Waals surface area contributed by atoms with Crippen molar-refractivity contribution in [2.45, 2.75) is 50.5 Å². The zero-order chi connectivity index (χ0) is 17.9. The Morgan fingerprint density at radius 2 is 1.83 bits per heavy atom. The maximum Gasteiger partial charge on any atom is 0.307 e. The molecule has 1 aromatic carbocycles. The molecule has 1 saturated heterocycles. The van der Waals surface area contributed by atoms with Crippen molar-refractivity contribution in [1.82, 2.24) is 4.31 Å². The molecular weight excluding hydrogens is 330 g/mol. The number of carbonyl (C=O) groups excluding carboxylic acids is 1. The lowest BCUT2D eigenvalue weighted by atomic mass is 10.0. The number of benzene rings is 1. The number of hydrogen-bond acceptors (Lipinski definition) is 5. The second-order valence-corrected chi connectivity index (χ2v) is 7.96. The molecule has 1 aromatic rings. The first-order valence-electron chi connectivity index (χ1n) is 8.05. The van der Waals surface area contributed by atoms with E-state index in [1.807, 2.05) is 0 Å². The smallest absolute Gasteiger partial charge is 0.307 e. The number of rotatable bonds is 5. The first kappa shape index (κ1) is 18.7. The fourth-order valence-electron chi connectivity index (χ4n) is 3.32. The Morgan fingerprint density at radius 3 is 2.38 bits per heavy atom. The van der Waals surface area contributed by atoms with Gasteiger partial charge in [-0.25, -0.2) is 8.42 Å². The van der Waals surface area contributed by atoms with Crippen molar-refractivity contribution in [1.29, 1.82) is 0 Å². The monoisotopic (exact) mass is 355 g/mol. The maximum atomic E-state index is 13.2. The summed E-state index contributed by atoms with van der Waals surface area (Å²) in [6.45, 7) is 3.96. The minimum absolute atomic E-state index is 0.0873. The number of piperidine rings is 1. The molecule has 1 heterocycles. The van der Waals surface area contributed by atoms with Gasteiger partial charge in [-0.3, -0.25) is 4.79 Å². The molecule has 134 valence electrons. The van der Waals surface area contributed by atoms with Crippen LogP contribution in [0.15, 0.2) is 17.0 Å². The topological polar surface area (TPSA) is 72.9 Å². The highest BCUT2D eigenvalue weighted by molar-refractivity contribution is 7.89. The van der Waals surface area contributed by atoms with Gasteiger partial charge in [0.2, 0.25) is 10.0 Å². The highest BCUT2D eigenvalue weighted by Crippen LogP contribution is 2.32. The average Bonchev–Trinajstić information content (AvgIpc) is 2.54. The van der Waals surface area contributed by atoms with E-state index in [2.05, 4.69) is 0 Å². The van der Waals surface area contributed by atoms with E-state index in [0.29, 0.717) is 34.7 Å². The van der Waals surface area contributed by atoms with Crippen molar-refractivity contribution in [3.8, 4) is 5.75 Å². The molecule has 0 spiro atoms. The van der Waals surface area contributed by atoms with Gasteiger partial charge in [0, 0.05) is 12.6 Å². The maximum absolute atomic E-state index is 13.2. The Labute approximate surface area is 143 Å². The van der Waals surface area contributed by atoms with Crippen LogP contribution in [-0.4, -0.2) is 45.5 Å². The average molecular weight is 355 g/mol. The van der Waals surface area contributed by atoms with Gasteiger partial charge >= 0.3 is 5.97 Å². The van der Waals surface area contributed by atoms with Gasteiger partial charge in [0.1, 0.15) is 5.75 Å². The molecule has 0 saturated carbocycles. The third-order valence-corrected chi connectivity index (χ3v) is 6.70. The Morgan fingerprint density at radius 1 is 1.21 bits per heavy atom. The van der Waals surface area contributed by atoms with Crippen molar-refractivity contribution in [2.75, 3.05) is 20.8 Å². The number of sulfonamides is 1. The number of carbonyl (C=O) groups is 1. The van der Waals surface area contributed by atoms with E-state index in [-0.39, 0.29) is 18.4 Å². The molecule has 2 rings (SSSR count). The predicted molar refractivity (Wildman–Crippen MR) is 90.6 cm³/mol. The largest absolute Gasteiger partial charge is 0.497 e. The van der Waals surface area contributed by atoms with Gasteiger partial charge in [-0.05, 0) is 49.9 Å². The minimum Gasteiger partial charge on any atom is -0.497 e. The van der Waals surface area contributed by atoms with Crippen molar-refractivity contribution >= 4 is 16.0 Å². The van der Waals surface area contributed by atoms with Crippen LogP contribution in [0.1, 0.15) is 36.8 Å². The molecule has 0 aromatic heterocycles. The summed E-state index contributed by atoms with van der Waals surface area (Å²) in [4.78, 5) is 12.0. The summed E-state index contributed by atoms with van der Waals surface area (Å²) in [5.41, 5.74) is 1.29. The zero-order valence-electron chi connectivity index (χ0n) is 14.7. The Hall–Kier alpha value is -1.60. The quantitative estimate of drug-likeness (QED) is 0.759. The second kappa shape index (κ2) is 7.53. The number of ether oxygens (including phenoxy) is 2. The standard InChI is InChI=1S/C17H25NO5S/c1-12-9-15(22-3)10-13(2)17(12)24(20,21)18-8-6-5-7-14(18)11-16(19)23-4/h9-10,14H,5-8,11H2,1-4H3. The minimum atomic E-state index is -3.68. The van der Waals surface area contributed by atoms with Crippen LogP contribution in [0.2, 0.25) is 0 Å². The molecule has 0 bridgehead atoms. The van der Waals surface area contributed by atoms with Gasteiger partial charge in [-0.15, -0.1) is 0 Å². The fraction of sp³-hybridized carbons (Fsp3) is 0.588. The number of nitrogens with zero attached hydrogens (tertiary/aromatic N) is 1. The molecule has 1 unspecified atom stereocenters. The molecule has 0 aliphatic carbocycles. The number of hydrogen-bond donors (Lipinski definition) is 0. The molecule has 1 aliphatic rings. The van der Waals surface area contributed by atoms with Gasteiger partial charge in [-0.1, -0.05) is 6.42 Å². The highest BCUT2D eigenvalue weighted by atomic mass is 32.2. The molecule has 0 amide bonds. The van der Waals surface area contributed by atoms with E-state index in [9.17, 15) is 13.2 Å². The molecule has 1 fully saturated rings. The third kappa shape index (κ3) is 3.72. The normalized spacial score (nSPS) is 19.1. The lowest BCUT2D eigenvalue weighted by Gasteiger charge is -2.34. The lowest BCUT2D eigenvalue weighted by molar-refractivity contribution is -0.141. The Kier molecular flexibility index (Phi) is 5.87. The Balaban J connectivity index is 2.42. The van der Waals surface area contributed by atoms with E-state index >= 15 is 0 Å². The number of esters is 1. The molecule has 1 atom stereocenters. The summed E-state index contributed by atoms with van der Waals surface area (Å²) >= 11 is 0. The SMILES string of the molecule is COC(=O)CC1CCCCN1S(=O)(=O)c1c(C)cc(OC)cc1C. The van der Waals surface area contributed by atoms with Gasteiger partial charge in [0.05, 0.1) is 25.5 Å². The van der Waals surface area contributed by atoms with Crippen LogP contribution in [0.3, 0.4) is 0 Å². The summed E-state index contributed by atoms with van der Waals surface area (Å²) in [5, 5.41) is 0. The summed E-state index contributed by atoms with van der Waals surface area (Å²) in [6.07, 6.45) is 2.46. The summed E-state index contributed by atoms with van der Waals surface area (Å²) < 4.78 is 37.9. The first-order chi connectivity index (χ1) is 11.3. The first-order valence-corrected chi connectivity index (χ1v) is 9.49. The van der Waals surface area contributed by atoms with Crippen LogP contribution < -0.4 is 4.74 Å². The van der Waals surface area contributed by atoms with Gasteiger partial charge in [-0.2, -0.15) is 4.31 Å². The lowest BCUT2D eigenvalue weighted by Crippen LogP contribution is -2.45. The van der Waals surface area contributed by atoms with Crippen LogP contribution in [0.5, 0.6) is 5.75 Å². The van der Waals surface area contributed by atoms with Crippen LogP contribution in [-0.2, 0) is 19.6 Å². The van der Waals surface area contributed by atoms with Crippen LogP contribution in [0.4, 0.5) is 0 Å². The molecule has 0 radical (unpaired) electrons. The molecule has 7 heteroatoms. The fourth-order valence-corrected chi connectivity index (χ4v) is 5.43. The third-order valence-electron chi connectivity index (χ3n) is 4.44. The van der Waals surface area contributed by atoms with Crippen LogP contribution >= 0.6 is 0 Å². The van der Waals surface area contributed by atoms with E-state index in [4.69, 9.17) is 9.47 Å². The molecular formula is C17H25NO5S. The van der Waals surface area contributed by atoms with E-state index in [0.717, 1.165) is 12.8 Å². The molecule has 6 nitrogen and oxygen atoms in total. The summed E-state index contributed by atoms with van der Waals surface area (Å²) in [5.74, 6) is 0.249. The highest BCUT2D eigenvalue weighted by Gasteiger charge is 2.36. The molecule has 0 N–H and O–H groups in total. The van der Waals surface area contributed by atoms with Crippen LogP contribution in [0, 0.1) is 13.8 Å². The molecule has 24 heavy (non-hydrogen) atoms. The second-order valence-electron chi connectivity index (χ2n) is 6.14. The van der Waals surface area contributed by atoms with Gasteiger partial charge in [0.15, 0.2) is 0 Å². The van der Waals surface area contributed by atoms with Crippen molar-refractivity contribution in [2.24, 2.45) is 0 Å². The molecule has 1 aliphatic heterocycles. The van der Waals surface area contributed by atoms with Crippen molar-refractivity contribution < 1.29 is 22.7 Å². The predicted octanol–water partition coefficient (Wildman–Crippen LogP) is 2.42. The van der Waals surface area contributed by atoms with Gasteiger partial charge < -0.3 is 9.47 Å². The van der Waals surface area contributed by atoms with Gasteiger partial charge in [0.25, 0.3) is 0 Å². The summed E-state index contributed by atoms with van der Waals surface area (Å²) in [6, 6.07) is 3.09. The number of aryl methyl sites for hydroxylation is 2. The van der Waals surface area contributed by atoms with E-state index < -0.39 is 10.0 Å². The van der Waals surface area contributed by atoms with Crippen molar-refractivity contribution in [3.63, 3.8) is 0 Å². The summed E-state index contributed by atoms with van der Waals surface area (Å²) in [7, 11) is -0.805. The van der Waals surface area contributed by atoms with Crippen molar-refractivity contribution in [3.05, 3.63) is 23.3 Å². The zero-order valence-corrected chi connectivity index (χ0v) is 15.5. The van der Waals surface area contributed by atoms with Crippen LogP contribution in [0.25, 0.3) is 0 Å².